The molecule has 0 saturated carbocycles. The zero-order valence-corrected chi connectivity index (χ0v) is 13.0. The van der Waals surface area contributed by atoms with E-state index in [0.717, 1.165) is 0 Å². The summed E-state index contributed by atoms with van der Waals surface area (Å²) in [6.45, 7) is -0.0916. The van der Waals surface area contributed by atoms with Gasteiger partial charge in [-0.2, -0.15) is 0 Å². The second-order valence-corrected chi connectivity index (χ2v) is 5.90. The van der Waals surface area contributed by atoms with Gasteiger partial charge >= 0.3 is 0 Å². The van der Waals surface area contributed by atoms with Gasteiger partial charge < -0.3 is 14.2 Å². The number of alkyl halides is 3. The van der Waals surface area contributed by atoms with Crippen LogP contribution < -0.4 is 9.47 Å². The Hall–Kier alpha value is -1.17. The lowest BCUT2D eigenvalue weighted by atomic mass is 10.2. The van der Waals surface area contributed by atoms with Crippen LogP contribution >= 0.6 is 34.8 Å². The Bertz CT molecular complexity index is 514. The van der Waals surface area contributed by atoms with Crippen molar-refractivity contribution in [1.82, 2.24) is 0 Å². The fourth-order valence-electron chi connectivity index (χ4n) is 1.34. The Balaban J connectivity index is 2.79. The van der Waals surface area contributed by atoms with E-state index in [4.69, 9.17) is 54.4 Å². The van der Waals surface area contributed by atoms with E-state index in [1.165, 1.54) is 14.2 Å². The van der Waals surface area contributed by atoms with Crippen LogP contribution in [0.5, 0.6) is 11.5 Å². The molecule has 0 bridgehead atoms. The monoisotopic (exact) mass is 339 g/mol. The predicted octanol–water partition coefficient (Wildman–Crippen LogP) is 3.14. The zero-order valence-electron chi connectivity index (χ0n) is 10.7. The predicted molar refractivity (Wildman–Crippen MR) is 77.4 cm³/mol. The van der Waals surface area contributed by atoms with Gasteiger partial charge in [0.25, 0.3) is 15.5 Å². The average Bonchev–Trinajstić information content (AvgIpc) is 2.42. The number of Topliss-reactive ketones (excluding diaryl/α,β-unsaturated/α-hetero) is 1. The summed E-state index contributed by atoms with van der Waals surface area (Å²) < 4.78 is 13.0. The lowest BCUT2D eigenvalue weighted by Gasteiger charge is -2.13. The van der Waals surface area contributed by atoms with Gasteiger partial charge in [0.2, 0.25) is 0 Å². The lowest BCUT2D eigenvalue weighted by Crippen LogP contribution is -2.29. The molecule has 0 heterocycles. The fraction of sp³-hybridized carbons (Fsp3) is 0.333. The minimum absolute atomic E-state index is 0.0916. The third-order valence-electron chi connectivity index (χ3n) is 2.32. The van der Waals surface area contributed by atoms with Gasteiger partial charge in [0.05, 0.1) is 14.2 Å². The van der Waals surface area contributed by atoms with Crippen molar-refractivity contribution in [2.24, 2.45) is 0 Å². The van der Waals surface area contributed by atoms with Crippen LogP contribution in [0, 0.1) is 5.41 Å². The molecule has 8 heteroatoms. The molecule has 0 unspecified atom stereocenters. The van der Waals surface area contributed by atoms with Crippen LogP contribution in [0.25, 0.3) is 0 Å². The van der Waals surface area contributed by atoms with Crippen LogP contribution in [-0.2, 0) is 16.1 Å². The molecule has 0 atom stereocenters. The number of benzene rings is 1. The van der Waals surface area contributed by atoms with Gasteiger partial charge in [-0.1, -0.05) is 34.8 Å². The molecule has 0 aliphatic heterocycles. The van der Waals surface area contributed by atoms with Crippen LogP contribution in [0.15, 0.2) is 18.2 Å². The largest absolute Gasteiger partial charge is 0.497 e. The smallest absolute Gasteiger partial charge is 0.267 e. The van der Waals surface area contributed by atoms with Gasteiger partial charge in [-0.05, 0) is 18.2 Å². The highest BCUT2D eigenvalue weighted by molar-refractivity contribution is 6.81. The zero-order chi connectivity index (χ0) is 15.3. The quantitative estimate of drug-likeness (QED) is 0.508. The van der Waals surface area contributed by atoms with Crippen LogP contribution in [0.2, 0.25) is 0 Å². The van der Waals surface area contributed by atoms with E-state index in [-0.39, 0.29) is 6.61 Å². The number of ketones is 1. The lowest BCUT2D eigenvalue weighted by molar-refractivity contribution is -0.113. The minimum atomic E-state index is -2.21. The molecule has 0 fully saturated rings. The van der Waals surface area contributed by atoms with Crippen molar-refractivity contribution in [1.29, 1.82) is 5.41 Å². The summed E-state index contributed by atoms with van der Waals surface area (Å²) in [5, 5.41) is 7.43. The fourth-order valence-corrected chi connectivity index (χ4v) is 1.60. The molecule has 0 aromatic heterocycles. The Morgan fingerprint density at radius 3 is 2.40 bits per heavy atom. The van der Waals surface area contributed by atoms with Gasteiger partial charge in [-0.15, -0.1) is 0 Å². The molecule has 20 heavy (non-hydrogen) atoms. The van der Waals surface area contributed by atoms with Crippen LogP contribution in [-0.4, -0.2) is 29.7 Å². The van der Waals surface area contributed by atoms with E-state index in [1.807, 2.05) is 0 Å². The molecule has 0 aliphatic carbocycles. The third-order valence-corrected chi connectivity index (χ3v) is 2.84. The SMILES string of the molecule is COc1ccc(OC)c(COC(=N)C(=O)C(Cl)(Cl)Cl)c1. The summed E-state index contributed by atoms with van der Waals surface area (Å²) in [6.07, 6.45) is 0. The van der Waals surface area contributed by atoms with Gasteiger partial charge in [0, 0.05) is 5.56 Å². The number of carbonyl (C=O) groups is 1. The van der Waals surface area contributed by atoms with E-state index in [0.29, 0.717) is 17.1 Å². The highest BCUT2D eigenvalue weighted by atomic mass is 35.6. The van der Waals surface area contributed by atoms with Crippen molar-refractivity contribution in [2.75, 3.05) is 14.2 Å². The molecule has 1 aromatic carbocycles. The number of carbonyl (C=O) groups excluding carboxylic acids is 1. The molecule has 0 aliphatic rings. The van der Waals surface area contributed by atoms with Gasteiger partial charge in [-0.25, -0.2) is 0 Å². The first kappa shape index (κ1) is 16.9. The summed E-state index contributed by atoms with van der Waals surface area (Å²) in [4.78, 5) is 11.5. The topological polar surface area (TPSA) is 68.6 Å². The van der Waals surface area contributed by atoms with Crippen molar-refractivity contribution in [3.05, 3.63) is 23.8 Å². The van der Waals surface area contributed by atoms with Gasteiger partial charge in [0.1, 0.15) is 18.1 Å². The van der Waals surface area contributed by atoms with Crippen LogP contribution in [0.4, 0.5) is 0 Å². The first-order valence-electron chi connectivity index (χ1n) is 5.33. The second kappa shape index (κ2) is 7.02. The normalized spacial score (nSPS) is 10.8. The summed E-state index contributed by atoms with van der Waals surface area (Å²) in [5.74, 6) is -0.664. The number of methoxy groups -OCH3 is 2. The van der Waals surface area contributed by atoms with E-state index in [9.17, 15) is 4.79 Å². The molecule has 0 spiro atoms. The number of halogens is 3. The second-order valence-electron chi connectivity index (χ2n) is 3.62. The maximum atomic E-state index is 11.5. The van der Waals surface area contributed by atoms with Crippen LogP contribution in [0.1, 0.15) is 5.56 Å². The van der Waals surface area contributed by atoms with Crippen molar-refractivity contribution in [2.45, 2.75) is 10.4 Å². The third kappa shape index (κ3) is 4.44. The minimum Gasteiger partial charge on any atom is -0.497 e. The Morgan fingerprint density at radius 1 is 1.25 bits per heavy atom. The molecule has 0 radical (unpaired) electrons. The Kier molecular flexibility index (Phi) is 5.92. The maximum absolute atomic E-state index is 11.5. The van der Waals surface area contributed by atoms with E-state index in [2.05, 4.69) is 0 Å². The van der Waals surface area contributed by atoms with Gasteiger partial charge in [-0.3, -0.25) is 10.2 Å². The average molecular weight is 341 g/mol. The standard InChI is InChI=1S/C12H12Cl3NO4/c1-18-8-3-4-9(19-2)7(5-8)6-20-11(16)10(17)12(13,14)15/h3-5,16H,6H2,1-2H3. The van der Waals surface area contributed by atoms with Crippen molar-refractivity contribution in [3.63, 3.8) is 0 Å². The molecule has 0 saturated heterocycles. The first-order chi connectivity index (χ1) is 9.29. The molecule has 1 aromatic rings. The van der Waals surface area contributed by atoms with Gasteiger partial charge in [0.15, 0.2) is 0 Å². The molecule has 1 rings (SSSR count). The maximum Gasteiger partial charge on any atom is 0.267 e. The summed E-state index contributed by atoms with van der Waals surface area (Å²) in [6, 6.07) is 5.05. The number of rotatable bonds is 5. The number of nitrogens with one attached hydrogen (secondary N) is 1. The molecule has 0 amide bonds. The van der Waals surface area contributed by atoms with Crippen molar-refractivity contribution >= 4 is 46.5 Å². The Labute approximate surface area is 131 Å². The molecule has 110 valence electrons. The van der Waals surface area contributed by atoms with E-state index < -0.39 is 15.5 Å². The molecule has 5 nitrogen and oxygen atoms in total. The summed E-state index contributed by atoms with van der Waals surface area (Å²) in [7, 11) is 3.00. The highest BCUT2D eigenvalue weighted by Crippen LogP contribution is 2.28. The molecule has 1 N–H and O–H groups in total. The Morgan fingerprint density at radius 2 is 1.90 bits per heavy atom. The molecular weight excluding hydrogens is 328 g/mol. The van der Waals surface area contributed by atoms with Crippen molar-refractivity contribution in [3.8, 4) is 11.5 Å². The van der Waals surface area contributed by atoms with E-state index in [1.54, 1.807) is 18.2 Å². The first-order valence-corrected chi connectivity index (χ1v) is 6.46. The highest BCUT2D eigenvalue weighted by Gasteiger charge is 2.35. The van der Waals surface area contributed by atoms with E-state index >= 15 is 0 Å². The molecular formula is C12H12Cl3NO4. The summed E-state index contributed by atoms with van der Waals surface area (Å²) >= 11 is 16.1. The van der Waals surface area contributed by atoms with Crippen molar-refractivity contribution < 1.29 is 19.0 Å². The van der Waals surface area contributed by atoms with Crippen LogP contribution in [0.3, 0.4) is 0 Å². The summed E-state index contributed by atoms with van der Waals surface area (Å²) in [5.41, 5.74) is 0.591. The number of hydrogen-bond donors (Lipinski definition) is 1. The number of ether oxygens (including phenoxy) is 3. The number of hydrogen-bond acceptors (Lipinski definition) is 5.